The van der Waals surface area contributed by atoms with E-state index in [0.29, 0.717) is 0 Å². The zero-order chi connectivity index (χ0) is 12.1. The number of hydrogen-bond donors (Lipinski definition) is 3. The molecule has 0 atom stereocenters. The van der Waals surface area contributed by atoms with Gasteiger partial charge in [0.05, 0.1) is 0 Å². The SMILES string of the molecule is CCC(CC)NC(=O)C(C)(C)C(N)=NO. The average Bonchev–Trinajstić information content (AvgIpc) is 2.23. The Hall–Kier alpha value is -1.26. The molecule has 1 amide bonds. The third kappa shape index (κ3) is 3.42. The van der Waals surface area contributed by atoms with Crippen molar-refractivity contribution in [3.05, 3.63) is 0 Å². The molecule has 5 heteroatoms. The molecule has 0 aliphatic carbocycles. The predicted molar refractivity (Wildman–Crippen MR) is 59.7 cm³/mol. The third-order valence-electron chi connectivity index (χ3n) is 2.64. The smallest absolute Gasteiger partial charge is 0.233 e. The molecule has 0 aliphatic heterocycles. The zero-order valence-electron chi connectivity index (χ0n) is 9.87. The molecule has 0 bridgehead atoms. The Labute approximate surface area is 90.7 Å². The van der Waals surface area contributed by atoms with Gasteiger partial charge in [0.15, 0.2) is 5.84 Å². The predicted octanol–water partition coefficient (Wildman–Crippen LogP) is 1.06. The van der Waals surface area contributed by atoms with E-state index in [4.69, 9.17) is 10.9 Å². The van der Waals surface area contributed by atoms with Gasteiger partial charge in [-0.05, 0) is 26.7 Å². The topological polar surface area (TPSA) is 87.7 Å². The largest absolute Gasteiger partial charge is 0.409 e. The van der Waals surface area contributed by atoms with Crippen LogP contribution in [0.5, 0.6) is 0 Å². The highest BCUT2D eigenvalue weighted by Crippen LogP contribution is 2.16. The van der Waals surface area contributed by atoms with Gasteiger partial charge < -0.3 is 16.3 Å². The van der Waals surface area contributed by atoms with Gasteiger partial charge >= 0.3 is 0 Å². The monoisotopic (exact) mass is 215 g/mol. The molecular weight excluding hydrogens is 194 g/mol. The maximum Gasteiger partial charge on any atom is 0.233 e. The molecule has 15 heavy (non-hydrogen) atoms. The molecule has 0 aromatic rings. The molecule has 0 aromatic heterocycles. The summed E-state index contributed by atoms with van der Waals surface area (Å²) in [5, 5.41) is 14.3. The van der Waals surface area contributed by atoms with E-state index in [1.807, 2.05) is 13.8 Å². The molecule has 0 rings (SSSR count). The van der Waals surface area contributed by atoms with Crippen LogP contribution in [0.25, 0.3) is 0 Å². The minimum atomic E-state index is -0.975. The van der Waals surface area contributed by atoms with Crippen LogP contribution in [-0.2, 0) is 4.79 Å². The van der Waals surface area contributed by atoms with Crippen LogP contribution in [0.2, 0.25) is 0 Å². The second kappa shape index (κ2) is 5.58. The number of carbonyl (C=O) groups excluding carboxylic acids is 1. The fraction of sp³-hybridized carbons (Fsp3) is 0.800. The lowest BCUT2D eigenvalue weighted by Crippen LogP contribution is -2.48. The minimum Gasteiger partial charge on any atom is -0.409 e. The maximum atomic E-state index is 11.8. The summed E-state index contributed by atoms with van der Waals surface area (Å²) in [5.74, 6) is -0.294. The van der Waals surface area contributed by atoms with E-state index in [1.165, 1.54) is 0 Å². The lowest BCUT2D eigenvalue weighted by Gasteiger charge is -2.25. The number of nitrogens with two attached hydrogens (primary N) is 1. The molecule has 0 radical (unpaired) electrons. The van der Waals surface area contributed by atoms with Crippen molar-refractivity contribution in [1.82, 2.24) is 5.32 Å². The van der Waals surface area contributed by atoms with Crippen LogP contribution >= 0.6 is 0 Å². The van der Waals surface area contributed by atoms with Gasteiger partial charge in [-0.25, -0.2) is 0 Å². The molecule has 0 aliphatic rings. The van der Waals surface area contributed by atoms with E-state index in [9.17, 15) is 4.79 Å². The van der Waals surface area contributed by atoms with Crippen LogP contribution in [-0.4, -0.2) is 23.0 Å². The molecule has 0 aromatic carbocycles. The summed E-state index contributed by atoms with van der Waals surface area (Å²) in [7, 11) is 0. The Morgan fingerprint density at radius 3 is 2.27 bits per heavy atom. The Morgan fingerprint density at radius 1 is 1.47 bits per heavy atom. The van der Waals surface area contributed by atoms with E-state index in [1.54, 1.807) is 13.8 Å². The highest BCUT2D eigenvalue weighted by atomic mass is 16.4. The average molecular weight is 215 g/mol. The summed E-state index contributed by atoms with van der Waals surface area (Å²) >= 11 is 0. The van der Waals surface area contributed by atoms with Gasteiger partial charge in [0.2, 0.25) is 5.91 Å². The lowest BCUT2D eigenvalue weighted by molar-refractivity contribution is -0.127. The van der Waals surface area contributed by atoms with E-state index >= 15 is 0 Å². The third-order valence-corrected chi connectivity index (χ3v) is 2.64. The van der Waals surface area contributed by atoms with Gasteiger partial charge in [-0.2, -0.15) is 0 Å². The fourth-order valence-corrected chi connectivity index (χ4v) is 1.10. The number of oxime groups is 1. The molecule has 0 saturated carbocycles. The molecule has 0 heterocycles. The summed E-state index contributed by atoms with van der Waals surface area (Å²) in [6, 6.07) is 0.142. The molecule has 0 spiro atoms. The van der Waals surface area contributed by atoms with Crippen molar-refractivity contribution in [2.75, 3.05) is 0 Å². The summed E-state index contributed by atoms with van der Waals surface area (Å²) in [4.78, 5) is 11.8. The van der Waals surface area contributed by atoms with Gasteiger partial charge in [0.25, 0.3) is 0 Å². The van der Waals surface area contributed by atoms with E-state index in [2.05, 4.69) is 10.5 Å². The second-order valence-corrected chi connectivity index (χ2v) is 4.10. The normalized spacial score (nSPS) is 13.0. The second-order valence-electron chi connectivity index (χ2n) is 4.10. The number of nitrogens with zero attached hydrogens (tertiary/aromatic N) is 1. The summed E-state index contributed by atoms with van der Waals surface area (Å²) in [5.41, 5.74) is 4.47. The van der Waals surface area contributed by atoms with Crippen LogP contribution in [0.1, 0.15) is 40.5 Å². The van der Waals surface area contributed by atoms with E-state index in [0.717, 1.165) is 12.8 Å². The first-order valence-electron chi connectivity index (χ1n) is 5.19. The Bertz CT molecular complexity index is 245. The van der Waals surface area contributed by atoms with E-state index in [-0.39, 0.29) is 17.8 Å². The van der Waals surface area contributed by atoms with Crippen LogP contribution in [0.15, 0.2) is 5.16 Å². The Morgan fingerprint density at radius 2 is 1.93 bits per heavy atom. The molecule has 0 saturated heterocycles. The van der Waals surface area contributed by atoms with Gasteiger partial charge in [0.1, 0.15) is 5.41 Å². The number of carbonyl (C=O) groups is 1. The molecule has 4 N–H and O–H groups in total. The molecular formula is C10H21N3O2. The first-order chi connectivity index (χ1) is 6.89. The van der Waals surface area contributed by atoms with Crippen molar-refractivity contribution in [3.8, 4) is 0 Å². The summed E-state index contributed by atoms with van der Waals surface area (Å²) in [6.45, 7) is 7.26. The maximum absolute atomic E-state index is 11.8. The number of rotatable bonds is 5. The van der Waals surface area contributed by atoms with Crippen molar-refractivity contribution in [2.24, 2.45) is 16.3 Å². The first-order valence-corrected chi connectivity index (χ1v) is 5.19. The van der Waals surface area contributed by atoms with Crippen molar-refractivity contribution < 1.29 is 10.0 Å². The number of amides is 1. The van der Waals surface area contributed by atoms with Crippen LogP contribution in [0.3, 0.4) is 0 Å². The first kappa shape index (κ1) is 13.7. The van der Waals surface area contributed by atoms with Crippen molar-refractivity contribution in [1.29, 1.82) is 0 Å². The summed E-state index contributed by atoms with van der Waals surface area (Å²) in [6.07, 6.45) is 1.74. The van der Waals surface area contributed by atoms with Gasteiger partial charge in [-0.15, -0.1) is 0 Å². The van der Waals surface area contributed by atoms with Crippen molar-refractivity contribution >= 4 is 11.7 Å². The molecule has 0 unspecified atom stereocenters. The molecule has 88 valence electrons. The number of amidine groups is 1. The van der Waals surface area contributed by atoms with Gasteiger partial charge in [-0.3, -0.25) is 4.79 Å². The highest BCUT2D eigenvalue weighted by molar-refractivity contribution is 6.05. The zero-order valence-corrected chi connectivity index (χ0v) is 9.87. The van der Waals surface area contributed by atoms with Crippen LogP contribution in [0, 0.1) is 5.41 Å². The Balaban J connectivity index is 4.57. The molecule has 0 fully saturated rings. The number of nitrogens with one attached hydrogen (secondary N) is 1. The van der Waals surface area contributed by atoms with Gasteiger partial charge in [-0.1, -0.05) is 19.0 Å². The highest BCUT2D eigenvalue weighted by Gasteiger charge is 2.33. The van der Waals surface area contributed by atoms with Crippen molar-refractivity contribution in [3.63, 3.8) is 0 Å². The van der Waals surface area contributed by atoms with Crippen molar-refractivity contribution in [2.45, 2.75) is 46.6 Å². The lowest BCUT2D eigenvalue weighted by atomic mass is 9.90. The molecule has 5 nitrogen and oxygen atoms in total. The van der Waals surface area contributed by atoms with Crippen LogP contribution in [0.4, 0.5) is 0 Å². The number of hydrogen-bond acceptors (Lipinski definition) is 3. The van der Waals surface area contributed by atoms with Crippen LogP contribution < -0.4 is 11.1 Å². The van der Waals surface area contributed by atoms with Gasteiger partial charge in [0, 0.05) is 6.04 Å². The summed E-state index contributed by atoms with van der Waals surface area (Å²) < 4.78 is 0. The standard InChI is InChI=1S/C10H21N3O2/c1-5-7(6-2)12-9(14)10(3,4)8(11)13-15/h7,15H,5-6H2,1-4H3,(H2,11,13)(H,12,14). The fourth-order valence-electron chi connectivity index (χ4n) is 1.10. The van der Waals surface area contributed by atoms with E-state index < -0.39 is 5.41 Å². The Kier molecular flexibility index (Phi) is 5.11. The minimum absolute atomic E-state index is 0.0778. The quantitative estimate of drug-likeness (QED) is 0.277.